The quantitative estimate of drug-likeness (QED) is 0.587. The van der Waals surface area contributed by atoms with E-state index in [1.54, 1.807) is 12.1 Å². The van der Waals surface area contributed by atoms with E-state index in [-0.39, 0.29) is 17.3 Å². The second kappa shape index (κ2) is 10.4. The van der Waals surface area contributed by atoms with Crippen molar-refractivity contribution in [1.82, 2.24) is 9.62 Å². The van der Waals surface area contributed by atoms with Crippen molar-refractivity contribution in [2.75, 3.05) is 18.4 Å². The van der Waals surface area contributed by atoms with Crippen molar-refractivity contribution < 1.29 is 13.2 Å². The molecule has 0 bridgehead atoms. The van der Waals surface area contributed by atoms with Gasteiger partial charge in [0.2, 0.25) is 15.9 Å². The molecule has 0 aromatic heterocycles. The zero-order valence-electron chi connectivity index (χ0n) is 18.6. The smallest absolute Gasteiger partial charge is 0.240 e. The van der Waals surface area contributed by atoms with Gasteiger partial charge in [-0.15, -0.1) is 0 Å². The van der Waals surface area contributed by atoms with Gasteiger partial charge in [-0.3, -0.25) is 9.69 Å². The molecule has 2 aromatic rings. The van der Waals surface area contributed by atoms with E-state index in [9.17, 15) is 13.2 Å². The van der Waals surface area contributed by atoms with Gasteiger partial charge in [0.05, 0.1) is 4.90 Å². The predicted octanol–water partition coefficient (Wildman–Crippen LogP) is 3.71. The van der Waals surface area contributed by atoms with Gasteiger partial charge < -0.3 is 5.32 Å². The van der Waals surface area contributed by atoms with Gasteiger partial charge in [-0.05, 0) is 79.7 Å². The van der Waals surface area contributed by atoms with Gasteiger partial charge in [-0.25, -0.2) is 13.1 Å². The maximum absolute atomic E-state index is 12.7. The molecule has 6 nitrogen and oxygen atoms in total. The summed E-state index contributed by atoms with van der Waals surface area (Å²) >= 11 is 0. The first-order valence-corrected chi connectivity index (χ1v) is 12.5. The molecule has 1 amide bonds. The topological polar surface area (TPSA) is 78.5 Å². The summed E-state index contributed by atoms with van der Waals surface area (Å²) in [6, 6.07) is 13.0. The monoisotopic (exact) mass is 443 g/mol. The third-order valence-corrected chi connectivity index (χ3v) is 7.09. The lowest BCUT2D eigenvalue weighted by molar-refractivity contribution is -0.114. The number of carbonyl (C=O) groups is 1. The summed E-state index contributed by atoms with van der Waals surface area (Å²) in [6.07, 6.45) is 4.42. The molecule has 31 heavy (non-hydrogen) atoms. The van der Waals surface area contributed by atoms with Gasteiger partial charge in [0.25, 0.3) is 0 Å². The van der Waals surface area contributed by atoms with Crippen LogP contribution in [0.15, 0.2) is 47.4 Å². The molecule has 0 spiro atoms. The van der Waals surface area contributed by atoms with E-state index < -0.39 is 10.0 Å². The van der Waals surface area contributed by atoms with Crippen molar-refractivity contribution in [1.29, 1.82) is 0 Å². The fourth-order valence-electron chi connectivity index (χ4n) is 4.25. The molecule has 2 N–H and O–H groups in total. The van der Waals surface area contributed by atoms with Crippen LogP contribution < -0.4 is 10.0 Å². The molecule has 0 saturated heterocycles. The number of carbonyl (C=O) groups excluding carboxylic acids is 1. The summed E-state index contributed by atoms with van der Waals surface area (Å²) in [5.41, 5.74) is 4.25. The van der Waals surface area contributed by atoms with Crippen molar-refractivity contribution in [2.45, 2.75) is 63.9 Å². The minimum atomic E-state index is -3.63. The van der Waals surface area contributed by atoms with E-state index >= 15 is 0 Å². The number of hydrogen-bond donors (Lipinski definition) is 2. The molecule has 0 aliphatic heterocycles. The third kappa shape index (κ3) is 6.15. The lowest BCUT2D eigenvalue weighted by Crippen LogP contribution is -2.37. The predicted molar refractivity (Wildman–Crippen MR) is 125 cm³/mol. The summed E-state index contributed by atoms with van der Waals surface area (Å²) < 4.78 is 28.0. The molecule has 1 atom stereocenters. The van der Waals surface area contributed by atoms with E-state index in [4.69, 9.17) is 0 Å². The van der Waals surface area contributed by atoms with Crippen LogP contribution in [0.1, 0.15) is 50.3 Å². The van der Waals surface area contributed by atoms with Crippen LogP contribution >= 0.6 is 0 Å². The number of rotatable bonds is 10. The number of benzene rings is 2. The standard InChI is InChI=1S/C24H33N3O3S/c1-4-12-27(13-5-2)23-15-20-7-6-19(14-21(20)16-23)17-25-31(29,30)24-10-8-22(9-11-24)26-18(3)28/h6-11,14,23,25H,4-5,12-13,15-17H2,1-3H3,(H,26,28)/t23-/m1/s1. The molecule has 1 aliphatic carbocycles. The first-order valence-electron chi connectivity index (χ1n) is 11.0. The Bertz CT molecular complexity index is 997. The first kappa shape index (κ1) is 23.4. The van der Waals surface area contributed by atoms with E-state index in [1.807, 2.05) is 6.07 Å². The Balaban J connectivity index is 1.63. The fraction of sp³-hybridized carbons (Fsp3) is 0.458. The van der Waals surface area contributed by atoms with Crippen molar-refractivity contribution >= 4 is 21.6 Å². The van der Waals surface area contributed by atoms with Crippen LogP contribution in [-0.2, 0) is 34.2 Å². The van der Waals surface area contributed by atoms with Crippen molar-refractivity contribution in [3.63, 3.8) is 0 Å². The zero-order chi connectivity index (χ0) is 22.4. The number of sulfonamides is 1. The molecule has 0 heterocycles. The Morgan fingerprint density at radius 1 is 1.00 bits per heavy atom. The molecule has 168 valence electrons. The number of fused-ring (bicyclic) bond motifs is 1. The first-order chi connectivity index (χ1) is 14.8. The highest BCUT2D eigenvalue weighted by Crippen LogP contribution is 2.27. The number of nitrogens with one attached hydrogen (secondary N) is 2. The van der Waals surface area contributed by atoms with Crippen molar-refractivity contribution in [3.05, 3.63) is 59.2 Å². The molecule has 0 saturated carbocycles. The number of nitrogens with zero attached hydrogens (tertiary/aromatic N) is 1. The van der Waals surface area contributed by atoms with E-state index in [1.165, 1.54) is 30.2 Å². The normalized spacial score (nSPS) is 15.8. The van der Waals surface area contributed by atoms with Crippen LogP contribution in [0.2, 0.25) is 0 Å². The average molecular weight is 444 g/mol. The molecule has 1 aliphatic rings. The van der Waals surface area contributed by atoms with Gasteiger partial charge >= 0.3 is 0 Å². The summed E-state index contributed by atoms with van der Waals surface area (Å²) in [5.74, 6) is -0.194. The Labute approximate surface area is 186 Å². The third-order valence-electron chi connectivity index (χ3n) is 5.67. The highest BCUT2D eigenvalue weighted by atomic mass is 32.2. The van der Waals surface area contributed by atoms with Crippen LogP contribution in [0, 0.1) is 0 Å². The largest absolute Gasteiger partial charge is 0.326 e. The van der Waals surface area contributed by atoms with Crippen molar-refractivity contribution in [3.8, 4) is 0 Å². The number of anilines is 1. The lowest BCUT2D eigenvalue weighted by Gasteiger charge is -2.27. The molecule has 2 aromatic carbocycles. The minimum absolute atomic E-state index is 0.178. The van der Waals surface area contributed by atoms with Gasteiger partial charge in [-0.2, -0.15) is 0 Å². The molecule has 0 unspecified atom stereocenters. The molecule has 0 radical (unpaired) electrons. The number of amides is 1. The molecule has 7 heteroatoms. The SMILES string of the molecule is CCCN(CCC)[C@@H]1Cc2ccc(CNS(=O)(=O)c3ccc(NC(C)=O)cc3)cc2C1. The molecule has 3 rings (SSSR count). The summed E-state index contributed by atoms with van der Waals surface area (Å²) in [4.78, 5) is 13.9. The Hall–Kier alpha value is -2.22. The summed E-state index contributed by atoms with van der Waals surface area (Å²) in [5, 5.41) is 2.63. The van der Waals surface area contributed by atoms with Crippen LogP contribution in [-0.4, -0.2) is 38.4 Å². The Morgan fingerprint density at radius 2 is 1.65 bits per heavy atom. The minimum Gasteiger partial charge on any atom is -0.326 e. The van der Waals surface area contributed by atoms with E-state index in [0.717, 1.165) is 44.3 Å². The molecular weight excluding hydrogens is 410 g/mol. The average Bonchev–Trinajstić information content (AvgIpc) is 3.15. The molecular formula is C24H33N3O3S. The van der Waals surface area contributed by atoms with Crippen LogP contribution in [0.4, 0.5) is 5.69 Å². The molecule has 0 fully saturated rings. The number of hydrogen-bond acceptors (Lipinski definition) is 4. The van der Waals surface area contributed by atoms with Gasteiger partial charge in [0, 0.05) is 25.2 Å². The summed E-state index contributed by atoms with van der Waals surface area (Å²) in [6.45, 7) is 8.36. The van der Waals surface area contributed by atoms with Crippen LogP contribution in [0.3, 0.4) is 0 Å². The zero-order valence-corrected chi connectivity index (χ0v) is 19.5. The van der Waals surface area contributed by atoms with Gasteiger partial charge in [0.1, 0.15) is 0 Å². The Kier molecular flexibility index (Phi) is 7.86. The van der Waals surface area contributed by atoms with Crippen LogP contribution in [0.25, 0.3) is 0 Å². The Morgan fingerprint density at radius 3 is 2.26 bits per heavy atom. The maximum Gasteiger partial charge on any atom is 0.240 e. The van der Waals surface area contributed by atoms with E-state index in [2.05, 4.69) is 40.9 Å². The van der Waals surface area contributed by atoms with E-state index in [0.29, 0.717) is 11.7 Å². The van der Waals surface area contributed by atoms with Crippen LogP contribution in [0.5, 0.6) is 0 Å². The second-order valence-corrected chi connectivity index (χ2v) is 10.00. The highest BCUT2D eigenvalue weighted by Gasteiger charge is 2.26. The maximum atomic E-state index is 12.7. The second-order valence-electron chi connectivity index (χ2n) is 8.23. The van der Waals surface area contributed by atoms with Gasteiger partial charge in [-0.1, -0.05) is 32.0 Å². The lowest BCUT2D eigenvalue weighted by atomic mass is 10.1. The summed E-state index contributed by atoms with van der Waals surface area (Å²) in [7, 11) is -3.63. The fourth-order valence-corrected chi connectivity index (χ4v) is 5.27. The van der Waals surface area contributed by atoms with Gasteiger partial charge in [0.15, 0.2) is 0 Å². The highest BCUT2D eigenvalue weighted by molar-refractivity contribution is 7.89. The van der Waals surface area contributed by atoms with Crippen molar-refractivity contribution in [2.24, 2.45) is 0 Å².